The molecule has 0 radical (unpaired) electrons. The highest BCUT2D eigenvalue weighted by Gasteiger charge is 2.12. The molecule has 18 heavy (non-hydrogen) atoms. The molecule has 0 bridgehead atoms. The van der Waals surface area contributed by atoms with Gasteiger partial charge in [0.25, 0.3) is 0 Å². The van der Waals surface area contributed by atoms with Crippen molar-refractivity contribution in [3.05, 3.63) is 29.8 Å². The second-order valence-corrected chi connectivity index (χ2v) is 3.96. The van der Waals surface area contributed by atoms with Crippen molar-refractivity contribution in [2.45, 2.75) is 13.8 Å². The number of carbonyl (C=O) groups is 1. The number of ether oxygens (including phenoxy) is 2. The molecular formula is C14H17NO3. The van der Waals surface area contributed by atoms with E-state index in [1.807, 2.05) is 32.0 Å². The molecule has 1 aliphatic rings. The molecular weight excluding hydrogens is 230 g/mol. The lowest BCUT2D eigenvalue weighted by Crippen LogP contribution is -2.28. The van der Waals surface area contributed by atoms with Gasteiger partial charge in [0.15, 0.2) is 11.5 Å². The van der Waals surface area contributed by atoms with Gasteiger partial charge in [0.1, 0.15) is 0 Å². The van der Waals surface area contributed by atoms with Crippen LogP contribution in [0.3, 0.4) is 0 Å². The van der Waals surface area contributed by atoms with E-state index in [1.165, 1.54) is 0 Å². The number of rotatable bonds is 4. The molecule has 0 fully saturated rings. The highest BCUT2D eigenvalue weighted by molar-refractivity contribution is 5.91. The number of nitrogens with zero attached hydrogens (tertiary/aromatic N) is 1. The van der Waals surface area contributed by atoms with Crippen LogP contribution < -0.4 is 9.47 Å². The fourth-order valence-corrected chi connectivity index (χ4v) is 1.83. The first-order valence-corrected chi connectivity index (χ1v) is 6.11. The molecule has 0 aliphatic carbocycles. The van der Waals surface area contributed by atoms with E-state index >= 15 is 0 Å². The maximum absolute atomic E-state index is 11.8. The fraction of sp³-hybridized carbons (Fsp3) is 0.357. The second-order valence-electron chi connectivity index (χ2n) is 3.96. The molecule has 1 aliphatic heterocycles. The average molecular weight is 247 g/mol. The Hall–Kier alpha value is -1.97. The van der Waals surface area contributed by atoms with Crippen LogP contribution in [-0.2, 0) is 4.79 Å². The average Bonchev–Trinajstić information content (AvgIpc) is 2.85. The summed E-state index contributed by atoms with van der Waals surface area (Å²) in [5.41, 5.74) is 0.930. The molecule has 0 N–H and O–H groups in total. The highest BCUT2D eigenvalue weighted by atomic mass is 16.7. The van der Waals surface area contributed by atoms with Crippen LogP contribution in [0.25, 0.3) is 6.08 Å². The maximum Gasteiger partial charge on any atom is 0.246 e. The van der Waals surface area contributed by atoms with Gasteiger partial charge in [-0.15, -0.1) is 0 Å². The first-order valence-electron chi connectivity index (χ1n) is 6.11. The molecule has 0 saturated carbocycles. The van der Waals surface area contributed by atoms with Gasteiger partial charge in [-0.25, -0.2) is 0 Å². The van der Waals surface area contributed by atoms with Gasteiger partial charge >= 0.3 is 0 Å². The van der Waals surface area contributed by atoms with Gasteiger partial charge < -0.3 is 14.4 Å². The predicted molar refractivity (Wildman–Crippen MR) is 69.5 cm³/mol. The van der Waals surface area contributed by atoms with E-state index in [9.17, 15) is 4.79 Å². The van der Waals surface area contributed by atoms with Crippen LogP contribution in [0.15, 0.2) is 24.3 Å². The Kier molecular flexibility index (Phi) is 3.87. The Bertz CT molecular complexity index is 464. The van der Waals surface area contributed by atoms with Gasteiger partial charge in [-0.1, -0.05) is 6.07 Å². The lowest BCUT2D eigenvalue weighted by Gasteiger charge is -2.15. The van der Waals surface area contributed by atoms with Crippen LogP contribution in [0.5, 0.6) is 11.5 Å². The summed E-state index contributed by atoms with van der Waals surface area (Å²) in [5, 5.41) is 0. The lowest BCUT2D eigenvalue weighted by molar-refractivity contribution is -0.125. The summed E-state index contributed by atoms with van der Waals surface area (Å²) in [7, 11) is 0. The SMILES string of the molecule is CCN(CC)C(=O)C=Cc1ccc2c(c1)OCO2. The maximum atomic E-state index is 11.8. The van der Waals surface area contributed by atoms with Crippen LogP contribution in [0, 0.1) is 0 Å². The zero-order valence-corrected chi connectivity index (χ0v) is 10.7. The second kappa shape index (κ2) is 5.58. The van der Waals surface area contributed by atoms with Gasteiger partial charge in [-0.3, -0.25) is 4.79 Å². The molecule has 4 nitrogen and oxygen atoms in total. The van der Waals surface area contributed by atoms with E-state index in [1.54, 1.807) is 17.1 Å². The van der Waals surface area contributed by atoms with Crippen LogP contribution in [0.1, 0.15) is 19.4 Å². The molecule has 1 amide bonds. The van der Waals surface area contributed by atoms with Gasteiger partial charge in [0.05, 0.1) is 0 Å². The minimum Gasteiger partial charge on any atom is -0.454 e. The number of fused-ring (bicyclic) bond motifs is 1. The number of amides is 1. The normalized spacial score (nSPS) is 13.0. The molecule has 1 aromatic carbocycles. The molecule has 0 atom stereocenters. The summed E-state index contributed by atoms with van der Waals surface area (Å²) in [5.74, 6) is 1.51. The fourth-order valence-electron chi connectivity index (χ4n) is 1.83. The Morgan fingerprint density at radius 1 is 1.28 bits per heavy atom. The van der Waals surface area contributed by atoms with E-state index in [4.69, 9.17) is 9.47 Å². The minimum absolute atomic E-state index is 0.0256. The third-order valence-corrected chi connectivity index (χ3v) is 2.89. The minimum atomic E-state index is 0.0256. The largest absolute Gasteiger partial charge is 0.454 e. The zero-order chi connectivity index (χ0) is 13.0. The van der Waals surface area contributed by atoms with Crippen molar-refractivity contribution >= 4 is 12.0 Å². The number of hydrogen-bond donors (Lipinski definition) is 0. The first-order chi connectivity index (χ1) is 8.74. The quantitative estimate of drug-likeness (QED) is 0.766. The van der Waals surface area contributed by atoms with Gasteiger partial charge in [0, 0.05) is 19.2 Å². The highest BCUT2D eigenvalue weighted by Crippen LogP contribution is 2.32. The summed E-state index contributed by atoms with van der Waals surface area (Å²) in [6.07, 6.45) is 3.38. The van der Waals surface area contributed by atoms with E-state index < -0.39 is 0 Å². The Balaban J connectivity index is 2.07. The molecule has 0 aromatic heterocycles. The Morgan fingerprint density at radius 2 is 2.00 bits per heavy atom. The first kappa shape index (κ1) is 12.5. The van der Waals surface area contributed by atoms with E-state index in [0.717, 1.165) is 30.2 Å². The van der Waals surface area contributed by atoms with Crippen LogP contribution in [-0.4, -0.2) is 30.7 Å². The van der Waals surface area contributed by atoms with Crippen molar-refractivity contribution in [2.24, 2.45) is 0 Å². The summed E-state index contributed by atoms with van der Waals surface area (Å²) in [6, 6.07) is 5.62. The monoisotopic (exact) mass is 247 g/mol. The summed E-state index contributed by atoms with van der Waals surface area (Å²) in [6.45, 7) is 5.65. The molecule has 4 heteroatoms. The van der Waals surface area contributed by atoms with Crippen molar-refractivity contribution in [1.82, 2.24) is 4.90 Å². The van der Waals surface area contributed by atoms with Crippen molar-refractivity contribution in [2.75, 3.05) is 19.9 Å². The van der Waals surface area contributed by atoms with Gasteiger partial charge in [-0.05, 0) is 37.6 Å². The van der Waals surface area contributed by atoms with Crippen molar-refractivity contribution in [1.29, 1.82) is 0 Å². The zero-order valence-electron chi connectivity index (χ0n) is 10.7. The van der Waals surface area contributed by atoms with E-state index in [-0.39, 0.29) is 12.7 Å². The molecule has 96 valence electrons. The Morgan fingerprint density at radius 3 is 2.72 bits per heavy atom. The number of hydrogen-bond acceptors (Lipinski definition) is 3. The molecule has 2 rings (SSSR count). The van der Waals surface area contributed by atoms with Crippen LogP contribution in [0.4, 0.5) is 0 Å². The summed E-state index contributed by atoms with van der Waals surface area (Å²) >= 11 is 0. The van der Waals surface area contributed by atoms with Gasteiger partial charge in [-0.2, -0.15) is 0 Å². The molecule has 1 heterocycles. The predicted octanol–water partition coefficient (Wildman–Crippen LogP) is 2.30. The number of likely N-dealkylation sites (N-methyl/N-ethyl adjacent to an activating group) is 1. The molecule has 0 saturated heterocycles. The Labute approximate surface area is 107 Å². The smallest absolute Gasteiger partial charge is 0.246 e. The van der Waals surface area contributed by atoms with Crippen molar-refractivity contribution in [3.8, 4) is 11.5 Å². The standard InChI is InChI=1S/C14H17NO3/c1-3-15(4-2)14(16)8-6-11-5-7-12-13(9-11)18-10-17-12/h5-9H,3-4,10H2,1-2H3. The summed E-state index contributed by atoms with van der Waals surface area (Å²) in [4.78, 5) is 13.6. The third kappa shape index (κ3) is 2.64. The van der Waals surface area contributed by atoms with E-state index in [0.29, 0.717) is 0 Å². The van der Waals surface area contributed by atoms with Crippen LogP contribution >= 0.6 is 0 Å². The summed E-state index contributed by atoms with van der Waals surface area (Å²) < 4.78 is 10.5. The number of benzene rings is 1. The molecule has 0 spiro atoms. The van der Waals surface area contributed by atoms with Crippen molar-refractivity contribution < 1.29 is 14.3 Å². The number of carbonyl (C=O) groups excluding carboxylic acids is 1. The topological polar surface area (TPSA) is 38.8 Å². The van der Waals surface area contributed by atoms with Crippen molar-refractivity contribution in [3.63, 3.8) is 0 Å². The third-order valence-electron chi connectivity index (χ3n) is 2.89. The van der Waals surface area contributed by atoms with E-state index in [2.05, 4.69) is 0 Å². The lowest BCUT2D eigenvalue weighted by atomic mass is 10.2. The van der Waals surface area contributed by atoms with Crippen LogP contribution in [0.2, 0.25) is 0 Å². The van der Waals surface area contributed by atoms with Gasteiger partial charge in [0.2, 0.25) is 12.7 Å². The molecule has 0 unspecified atom stereocenters. The molecule has 1 aromatic rings.